The average Bonchev–Trinajstić information content (AvgIpc) is 3.52. The topological polar surface area (TPSA) is 123 Å². The van der Waals surface area contributed by atoms with Crippen molar-refractivity contribution < 1.29 is 28.7 Å². The standard InChI is InChI=1S/C42H37ClFN5O5/c1-22-19-23(5-18-35(22)50)37-29-15-16-30-36(31(29)21-32-39(52)49(41(54)42(32,37)2)28-14-17-34(44)33(43)20-28)40(53)48(38(30)51)27-12-8-25(9-13-27)46-45-24-6-10-26(11-7-24)47(3)4/h5-15,17-20,30-32,36-37,50H,16,21H2,1-4H3/t30-,31+,32-,36-,37-,42+/m0/s1. The second-order valence-corrected chi connectivity index (χ2v) is 15.4. The highest BCUT2D eigenvalue weighted by molar-refractivity contribution is 6.32. The van der Waals surface area contributed by atoms with Crippen LogP contribution in [-0.2, 0) is 19.2 Å². The molecular formula is C42H37ClFN5O5. The van der Waals surface area contributed by atoms with Gasteiger partial charge < -0.3 is 10.0 Å². The molecule has 0 unspecified atom stereocenters. The Bertz CT molecular complexity index is 2310. The summed E-state index contributed by atoms with van der Waals surface area (Å²) in [5.74, 6) is -5.67. The van der Waals surface area contributed by atoms with Crippen LogP contribution < -0.4 is 14.7 Å². The summed E-state index contributed by atoms with van der Waals surface area (Å²) in [5, 5.41) is 18.8. The van der Waals surface area contributed by atoms with E-state index in [2.05, 4.69) is 10.2 Å². The molecule has 4 amide bonds. The van der Waals surface area contributed by atoms with E-state index in [4.69, 9.17) is 11.6 Å². The van der Waals surface area contributed by atoms with Crippen LogP contribution in [0.3, 0.4) is 0 Å². The van der Waals surface area contributed by atoms with E-state index in [-0.39, 0.29) is 41.1 Å². The molecule has 274 valence electrons. The zero-order valence-corrected chi connectivity index (χ0v) is 30.8. The van der Waals surface area contributed by atoms with Gasteiger partial charge in [0.1, 0.15) is 11.6 Å². The molecule has 12 heteroatoms. The number of nitrogens with zero attached hydrogens (tertiary/aromatic N) is 5. The summed E-state index contributed by atoms with van der Waals surface area (Å²) in [4.78, 5) is 61.8. The van der Waals surface area contributed by atoms with E-state index in [0.29, 0.717) is 28.2 Å². The molecule has 54 heavy (non-hydrogen) atoms. The summed E-state index contributed by atoms with van der Waals surface area (Å²) in [5.41, 5.74) is 3.66. The molecular weight excluding hydrogens is 709 g/mol. The number of hydrogen-bond acceptors (Lipinski definition) is 8. The first-order valence-corrected chi connectivity index (χ1v) is 18.2. The smallest absolute Gasteiger partial charge is 0.241 e. The molecule has 2 saturated heterocycles. The molecule has 4 aromatic carbocycles. The molecule has 4 aliphatic rings. The zero-order valence-electron chi connectivity index (χ0n) is 30.0. The Kier molecular flexibility index (Phi) is 8.52. The van der Waals surface area contributed by atoms with Crippen molar-refractivity contribution in [3.8, 4) is 5.75 Å². The third kappa shape index (κ3) is 5.43. The van der Waals surface area contributed by atoms with E-state index >= 15 is 0 Å². The maximum atomic E-state index is 14.6. The van der Waals surface area contributed by atoms with Gasteiger partial charge in [0, 0.05) is 25.7 Å². The van der Waals surface area contributed by atoms with E-state index in [1.807, 2.05) is 49.3 Å². The Morgan fingerprint density at radius 1 is 0.815 bits per heavy atom. The van der Waals surface area contributed by atoms with Crippen LogP contribution in [0.4, 0.5) is 32.8 Å². The maximum absolute atomic E-state index is 14.6. The molecule has 2 aliphatic heterocycles. The van der Waals surface area contributed by atoms with E-state index in [9.17, 15) is 28.7 Å². The summed E-state index contributed by atoms with van der Waals surface area (Å²) < 4.78 is 14.2. The number of amides is 4. The van der Waals surface area contributed by atoms with Gasteiger partial charge in [-0.2, -0.15) is 10.2 Å². The van der Waals surface area contributed by atoms with Crippen LogP contribution >= 0.6 is 11.6 Å². The highest BCUT2D eigenvalue weighted by Gasteiger charge is 2.67. The van der Waals surface area contributed by atoms with Gasteiger partial charge in [-0.3, -0.25) is 24.1 Å². The number of aryl methyl sites for hydroxylation is 1. The van der Waals surface area contributed by atoms with Crippen molar-refractivity contribution in [1.82, 2.24) is 0 Å². The minimum absolute atomic E-state index is 0.0836. The number of aromatic hydroxyl groups is 1. The fourth-order valence-electron chi connectivity index (χ4n) is 8.98. The molecule has 3 fully saturated rings. The van der Waals surface area contributed by atoms with Gasteiger partial charge >= 0.3 is 0 Å². The maximum Gasteiger partial charge on any atom is 0.241 e. The number of carbonyl (C=O) groups is 4. The number of hydrogen-bond donors (Lipinski definition) is 1. The molecule has 0 radical (unpaired) electrons. The van der Waals surface area contributed by atoms with Gasteiger partial charge in [-0.15, -0.1) is 0 Å². The monoisotopic (exact) mass is 745 g/mol. The van der Waals surface area contributed by atoms with Crippen molar-refractivity contribution >= 4 is 63.7 Å². The first-order valence-electron chi connectivity index (χ1n) is 17.8. The van der Waals surface area contributed by atoms with Crippen LogP contribution in [0.1, 0.15) is 36.8 Å². The number of benzene rings is 4. The average molecular weight is 746 g/mol. The van der Waals surface area contributed by atoms with Crippen LogP contribution in [0.15, 0.2) is 107 Å². The number of halogens is 2. The molecule has 10 nitrogen and oxygen atoms in total. The van der Waals surface area contributed by atoms with Crippen molar-refractivity contribution in [3.05, 3.63) is 119 Å². The predicted molar refractivity (Wildman–Crippen MR) is 203 cm³/mol. The summed E-state index contributed by atoms with van der Waals surface area (Å²) in [7, 11) is 3.91. The van der Waals surface area contributed by atoms with E-state index in [0.717, 1.165) is 22.2 Å². The Morgan fingerprint density at radius 3 is 2.09 bits per heavy atom. The lowest BCUT2D eigenvalue weighted by molar-refractivity contribution is -0.131. The van der Waals surface area contributed by atoms with E-state index < -0.39 is 52.6 Å². The molecule has 6 atom stereocenters. The number of phenolic OH excluding ortho intramolecular Hbond substituents is 1. The molecule has 1 saturated carbocycles. The first-order chi connectivity index (χ1) is 25.8. The van der Waals surface area contributed by atoms with Crippen molar-refractivity contribution in [1.29, 1.82) is 0 Å². The number of phenols is 1. The fraction of sp³-hybridized carbons (Fsp3) is 0.286. The number of allylic oxidation sites excluding steroid dienone is 2. The van der Waals surface area contributed by atoms with E-state index in [1.54, 1.807) is 56.3 Å². The van der Waals surface area contributed by atoms with Gasteiger partial charge in [0.05, 0.1) is 50.9 Å². The molecule has 2 heterocycles. The minimum Gasteiger partial charge on any atom is -0.508 e. The fourth-order valence-corrected chi connectivity index (χ4v) is 9.15. The number of fused-ring (bicyclic) bond motifs is 4. The van der Waals surface area contributed by atoms with Crippen LogP contribution in [0, 0.1) is 41.8 Å². The number of imide groups is 2. The second-order valence-electron chi connectivity index (χ2n) is 14.9. The molecule has 0 spiro atoms. The largest absolute Gasteiger partial charge is 0.508 e. The lowest BCUT2D eigenvalue weighted by atomic mass is 9.51. The minimum atomic E-state index is -1.29. The van der Waals surface area contributed by atoms with E-state index in [1.165, 1.54) is 17.0 Å². The number of azo groups is 1. The Labute approximate surface area is 316 Å². The first kappa shape index (κ1) is 35.4. The van der Waals surface area contributed by atoms with Crippen LogP contribution in [-0.4, -0.2) is 42.8 Å². The van der Waals surface area contributed by atoms with Gasteiger partial charge in [-0.1, -0.05) is 35.4 Å². The Balaban J connectivity index is 1.13. The SMILES string of the molecule is Cc1cc([C@H]2C3=CC[C@@H]4C(=O)N(c5ccc(N=Nc6ccc(N(C)C)cc6)cc5)C(=O)[C@@H]4[C@@H]3C[C@H]3C(=O)N(c4ccc(F)c(Cl)c4)C(=O)[C@@]23C)ccc1O. The van der Waals surface area contributed by atoms with Crippen LogP contribution in [0.5, 0.6) is 5.75 Å². The summed E-state index contributed by atoms with van der Waals surface area (Å²) in [6.45, 7) is 3.52. The quantitative estimate of drug-likeness (QED) is 0.120. The predicted octanol–water partition coefficient (Wildman–Crippen LogP) is 8.41. The van der Waals surface area contributed by atoms with Gasteiger partial charge in [0.25, 0.3) is 0 Å². The normalized spacial score (nSPS) is 26.3. The van der Waals surface area contributed by atoms with Crippen molar-refractivity contribution in [2.45, 2.75) is 32.6 Å². The summed E-state index contributed by atoms with van der Waals surface area (Å²) in [6.07, 6.45) is 2.41. The third-order valence-electron chi connectivity index (χ3n) is 11.7. The Morgan fingerprint density at radius 2 is 1.46 bits per heavy atom. The Hall–Kier alpha value is -5.68. The zero-order chi connectivity index (χ0) is 38.2. The number of anilines is 3. The van der Waals surface area contributed by atoms with Gasteiger partial charge in [0.15, 0.2) is 0 Å². The lowest BCUT2D eigenvalue weighted by Crippen LogP contribution is -2.48. The highest BCUT2D eigenvalue weighted by atomic mass is 35.5. The second kappa shape index (κ2) is 13.0. The third-order valence-corrected chi connectivity index (χ3v) is 12.0. The molecule has 0 aromatic heterocycles. The number of rotatable bonds is 6. The summed E-state index contributed by atoms with van der Waals surface area (Å²) >= 11 is 6.11. The van der Waals surface area contributed by atoms with Gasteiger partial charge in [0.2, 0.25) is 23.6 Å². The van der Waals surface area contributed by atoms with Crippen LogP contribution in [0.25, 0.3) is 0 Å². The molecule has 8 rings (SSSR count). The molecule has 0 bridgehead atoms. The van der Waals surface area contributed by atoms with Gasteiger partial charge in [-0.05, 0) is 117 Å². The van der Waals surface area contributed by atoms with Crippen molar-refractivity contribution in [2.75, 3.05) is 28.8 Å². The number of carbonyl (C=O) groups excluding carboxylic acids is 4. The van der Waals surface area contributed by atoms with Crippen molar-refractivity contribution in [3.63, 3.8) is 0 Å². The van der Waals surface area contributed by atoms with Gasteiger partial charge in [-0.25, -0.2) is 9.29 Å². The highest BCUT2D eigenvalue weighted by Crippen LogP contribution is 2.64. The molecule has 1 N–H and O–H groups in total. The van der Waals surface area contributed by atoms with Crippen LogP contribution in [0.2, 0.25) is 5.02 Å². The molecule has 2 aliphatic carbocycles. The molecule has 4 aromatic rings. The summed E-state index contributed by atoms with van der Waals surface area (Å²) in [6, 6.07) is 23.2. The lowest BCUT2D eigenvalue weighted by Gasteiger charge is -2.49. The van der Waals surface area contributed by atoms with Crippen molar-refractivity contribution in [2.24, 2.45) is 39.3 Å².